The molecule has 0 saturated heterocycles. The van der Waals surface area contributed by atoms with Crippen molar-refractivity contribution in [2.45, 2.75) is 31.7 Å². The zero-order valence-corrected chi connectivity index (χ0v) is 9.70. The molecule has 0 heterocycles. The summed E-state index contributed by atoms with van der Waals surface area (Å²) in [7, 11) is 1.70. The molecule has 1 aliphatic carbocycles. The molecule has 88 valence electrons. The maximum absolute atomic E-state index is 9.16. The van der Waals surface area contributed by atoms with Crippen LogP contribution in [0.3, 0.4) is 0 Å². The summed E-state index contributed by atoms with van der Waals surface area (Å²) in [5, 5.41) is 9.16. The third kappa shape index (κ3) is 1.93. The second-order valence-corrected chi connectivity index (χ2v) is 4.31. The average Bonchev–Trinajstić information content (AvgIpc) is 2.36. The van der Waals surface area contributed by atoms with Gasteiger partial charge in [0.25, 0.3) is 0 Å². The topological polar surface area (TPSA) is 55.5 Å². The third-order valence-corrected chi connectivity index (χ3v) is 3.34. The highest BCUT2D eigenvalue weighted by atomic mass is 16.5. The largest absolute Gasteiger partial charge is 0.496 e. The van der Waals surface area contributed by atoms with Crippen molar-refractivity contribution in [2.75, 3.05) is 13.7 Å². The van der Waals surface area contributed by atoms with Crippen LogP contribution in [0.1, 0.15) is 35.6 Å². The zero-order chi connectivity index (χ0) is 11.5. The number of aliphatic hydroxyl groups is 1. The Bertz CT molecular complexity index is 376. The Morgan fingerprint density at radius 1 is 1.31 bits per heavy atom. The van der Waals surface area contributed by atoms with E-state index in [1.165, 1.54) is 24.0 Å². The monoisotopic (exact) mass is 221 g/mol. The van der Waals surface area contributed by atoms with E-state index in [0.717, 1.165) is 24.2 Å². The first-order valence-electron chi connectivity index (χ1n) is 5.83. The van der Waals surface area contributed by atoms with Gasteiger partial charge in [0.1, 0.15) is 5.75 Å². The number of benzene rings is 1. The molecule has 1 aromatic rings. The van der Waals surface area contributed by atoms with Crippen molar-refractivity contribution >= 4 is 0 Å². The van der Waals surface area contributed by atoms with Crippen LogP contribution < -0.4 is 10.5 Å². The van der Waals surface area contributed by atoms with E-state index < -0.39 is 0 Å². The summed E-state index contributed by atoms with van der Waals surface area (Å²) in [4.78, 5) is 0. The predicted octanol–water partition coefficient (Wildman–Crippen LogP) is 1.57. The molecule has 3 heteroatoms. The minimum atomic E-state index is -0.266. The standard InChI is InChI=1S/C13H19NO2/c1-16-13-7-6-10(12(14)8-15)9-4-2-3-5-11(9)13/h6-7,12,15H,2-5,8,14H2,1H3. The highest BCUT2D eigenvalue weighted by molar-refractivity contribution is 5.47. The average molecular weight is 221 g/mol. The fraction of sp³-hybridized carbons (Fsp3) is 0.538. The Morgan fingerprint density at radius 2 is 2.00 bits per heavy atom. The van der Waals surface area contributed by atoms with Crippen LogP contribution in [-0.4, -0.2) is 18.8 Å². The zero-order valence-electron chi connectivity index (χ0n) is 9.70. The molecule has 3 nitrogen and oxygen atoms in total. The summed E-state index contributed by atoms with van der Waals surface area (Å²) in [6.45, 7) is -0.00122. The van der Waals surface area contributed by atoms with E-state index in [1.54, 1.807) is 7.11 Å². The summed E-state index contributed by atoms with van der Waals surface area (Å²) in [6, 6.07) is 3.69. The lowest BCUT2D eigenvalue weighted by Crippen LogP contribution is -2.19. The fourth-order valence-electron chi connectivity index (χ4n) is 2.50. The van der Waals surface area contributed by atoms with Gasteiger partial charge < -0.3 is 15.6 Å². The molecule has 0 saturated carbocycles. The van der Waals surface area contributed by atoms with Gasteiger partial charge in [0, 0.05) is 0 Å². The lowest BCUT2D eigenvalue weighted by Gasteiger charge is -2.24. The Labute approximate surface area is 96.2 Å². The molecule has 1 unspecified atom stereocenters. The number of hydrogen-bond acceptors (Lipinski definition) is 3. The van der Waals surface area contributed by atoms with Crippen LogP contribution in [0.2, 0.25) is 0 Å². The molecule has 0 amide bonds. The maximum Gasteiger partial charge on any atom is 0.122 e. The number of rotatable bonds is 3. The minimum Gasteiger partial charge on any atom is -0.496 e. The fourth-order valence-corrected chi connectivity index (χ4v) is 2.50. The maximum atomic E-state index is 9.16. The van der Waals surface area contributed by atoms with Gasteiger partial charge in [-0.1, -0.05) is 6.07 Å². The molecule has 0 fully saturated rings. The van der Waals surface area contributed by atoms with Crippen molar-refractivity contribution in [1.29, 1.82) is 0 Å². The van der Waals surface area contributed by atoms with Crippen LogP contribution in [0.5, 0.6) is 5.75 Å². The van der Waals surface area contributed by atoms with Crippen molar-refractivity contribution in [3.8, 4) is 5.75 Å². The number of methoxy groups -OCH3 is 1. The SMILES string of the molecule is COc1ccc(C(N)CO)c2c1CCCC2. The summed E-state index contributed by atoms with van der Waals surface area (Å²) in [6.07, 6.45) is 4.52. The lowest BCUT2D eigenvalue weighted by molar-refractivity contribution is 0.267. The quantitative estimate of drug-likeness (QED) is 0.814. The van der Waals surface area contributed by atoms with Crippen molar-refractivity contribution < 1.29 is 9.84 Å². The Morgan fingerprint density at radius 3 is 2.62 bits per heavy atom. The first-order valence-corrected chi connectivity index (χ1v) is 5.83. The molecular formula is C13H19NO2. The second-order valence-electron chi connectivity index (χ2n) is 4.31. The molecular weight excluding hydrogens is 202 g/mol. The predicted molar refractivity (Wildman–Crippen MR) is 63.7 cm³/mol. The van der Waals surface area contributed by atoms with Crippen LogP contribution in [0.15, 0.2) is 12.1 Å². The molecule has 2 rings (SSSR count). The molecule has 0 bridgehead atoms. The molecule has 1 aromatic carbocycles. The van der Waals surface area contributed by atoms with E-state index in [-0.39, 0.29) is 12.6 Å². The number of ether oxygens (including phenoxy) is 1. The van der Waals surface area contributed by atoms with Crippen LogP contribution in [-0.2, 0) is 12.8 Å². The van der Waals surface area contributed by atoms with E-state index >= 15 is 0 Å². The summed E-state index contributed by atoms with van der Waals surface area (Å²) in [5.41, 5.74) is 9.59. The van der Waals surface area contributed by atoms with Crippen molar-refractivity contribution in [3.05, 3.63) is 28.8 Å². The molecule has 3 N–H and O–H groups in total. The van der Waals surface area contributed by atoms with Gasteiger partial charge in [-0.2, -0.15) is 0 Å². The Kier molecular flexibility index (Phi) is 3.46. The van der Waals surface area contributed by atoms with Crippen LogP contribution >= 0.6 is 0 Å². The number of nitrogens with two attached hydrogens (primary N) is 1. The van der Waals surface area contributed by atoms with E-state index in [9.17, 15) is 0 Å². The number of aliphatic hydroxyl groups excluding tert-OH is 1. The Balaban J connectivity index is 2.48. The third-order valence-electron chi connectivity index (χ3n) is 3.34. The van der Waals surface area contributed by atoms with E-state index in [0.29, 0.717) is 0 Å². The molecule has 0 spiro atoms. The molecule has 1 aliphatic rings. The smallest absolute Gasteiger partial charge is 0.122 e. The summed E-state index contributed by atoms with van der Waals surface area (Å²) < 4.78 is 5.38. The van der Waals surface area contributed by atoms with Crippen molar-refractivity contribution in [2.24, 2.45) is 5.73 Å². The van der Waals surface area contributed by atoms with Crippen LogP contribution in [0, 0.1) is 0 Å². The molecule has 1 atom stereocenters. The normalized spacial score (nSPS) is 16.7. The molecule has 0 aliphatic heterocycles. The van der Waals surface area contributed by atoms with Gasteiger partial charge in [-0.15, -0.1) is 0 Å². The number of hydrogen-bond donors (Lipinski definition) is 2. The first-order chi connectivity index (χ1) is 7.77. The van der Waals surface area contributed by atoms with E-state index in [4.69, 9.17) is 15.6 Å². The highest BCUT2D eigenvalue weighted by Gasteiger charge is 2.20. The van der Waals surface area contributed by atoms with E-state index in [2.05, 4.69) is 0 Å². The van der Waals surface area contributed by atoms with Crippen LogP contribution in [0.4, 0.5) is 0 Å². The molecule has 0 radical (unpaired) electrons. The summed E-state index contributed by atoms with van der Waals surface area (Å²) in [5.74, 6) is 0.962. The van der Waals surface area contributed by atoms with Crippen LogP contribution in [0.25, 0.3) is 0 Å². The van der Waals surface area contributed by atoms with Crippen molar-refractivity contribution in [1.82, 2.24) is 0 Å². The lowest BCUT2D eigenvalue weighted by atomic mass is 9.85. The van der Waals surface area contributed by atoms with Crippen molar-refractivity contribution in [3.63, 3.8) is 0 Å². The molecule has 0 aromatic heterocycles. The van der Waals surface area contributed by atoms with Gasteiger partial charge in [0.2, 0.25) is 0 Å². The Hall–Kier alpha value is -1.06. The van der Waals surface area contributed by atoms with Gasteiger partial charge in [0.05, 0.1) is 19.8 Å². The minimum absolute atomic E-state index is 0.00122. The highest BCUT2D eigenvalue weighted by Crippen LogP contribution is 2.33. The van der Waals surface area contributed by atoms with Gasteiger partial charge >= 0.3 is 0 Å². The first kappa shape index (κ1) is 11.4. The van der Waals surface area contributed by atoms with Gasteiger partial charge in [-0.05, 0) is 48.4 Å². The van der Waals surface area contributed by atoms with E-state index in [1.807, 2.05) is 12.1 Å². The molecule has 16 heavy (non-hydrogen) atoms. The van der Waals surface area contributed by atoms with Gasteiger partial charge in [-0.25, -0.2) is 0 Å². The van der Waals surface area contributed by atoms with Gasteiger partial charge in [0.15, 0.2) is 0 Å². The second kappa shape index (κ2) is 4.85. The number of fused-ring (bicyclic) bond motifs is 1. The van der Waals surface area contributed by atoms with Gasteiger partial charge in [-0.3, -0.25) is 0 Å². The summed E-state index contributed by atoms with van der Waals surface area (Å²) >= 11 is 0.